The van der Waals surface area contributed by atoms with Gasteiger partial charge in [0.15, 0.2) is 16.6 Å². The van der Waals surface area contributed by atoms with Crippen molar-refractivity contribution < 1.29 is 14.8 Å². The molecular formula is C9H10N4O4S. The van der Waals surface area contributed by atoms with Crippen LogP contribution in [0.3, 0.4) is 0 Å². The van der Waals surface area contributed by atoms with E-state index >= 15 is 0 Å². The van der Waals surface area contributed by atoms with Crippen molar-refractivity contribution in [3.8, 4) is 11.5 Å². The number of hydrogen-bond acceptors (Lipinski definition) is 6. The van der Waals surface area contributed by atoms with Crippen molar-refractivity contribution in [1.82, 2.24) is 5.43 Å². The zero-order chi connectivity index (χ0) is 13.7. The lowest BCUT2D eigenvalue weighted by Crippen LogP contribution is -2.24. The third-order valence-electron chi connectivity index (χ3n) is 1.90. The van der Waals surface area contributed by atoms with Crippen LogP contribution in [0.25, 0.3) is 0 Å². The lowest BCUT2D eigenvalue weighted by Gasteiger charge is -2.05. The van der Waals surface area contributed by atoms with Gasteiger partial charge in [0.1, 0.15) is 0 Å². The predicted molar refractivity (Wildman–Crippen MR) is 68.8 cm³/mol. The number of phenolic OH excluding ortho intramolecular Hbond substituents is 1. The molecule has 1 aromatic carbocycles. The van der Waals surface area contributed by atoms with Gasteiger partial charge < -0.3 is 15.6 Å². The number of nitrogens with one attached hydrogen (secondary N) is 1. The highest BCUT2D eigenvalue weighted by atomic mass is 32.1. The van der Waals surface area contributed by atoms with E-state index < -0.39 is 4.92 Å². The first kappa shape index (κ1) is 13.6. The summed E-state index contributed by atoms with van der Waals surface area (Å²) in [5.74, 6) is -0.294. The molecule has 0 aliphatic heterocycles. The number of nitrogens with zero attached hydrogens (tertiary/aromatic N) is 2. The van der Waals surface area contributed by atoms with Gasteiger partial charge in [-0.2, -0.15) is 5.10 Å². The van der Waals surface area contributed by atoms with Gasteiger partial charge in [0.2, 0.25) is 0 Å². The van der Waals surface area contributed by atoms with Crippen molar-refractivity contribution in [3.05, 3.63) is 27.8 Å². The molecule has 1 aromatic rings. The van der Waals surface area contributed by atoms with Gasteiger partial charge in [-0.15, -0.1) is 0 Å². The van der Waals surface area contributed by atoms with Crippen molar-refractivity contribution in [2.75, 3.05) is 7.11 Å². The number of hydrazone groups is 1. The number of thiocarbonyl (C=S) groups is 1. The van der Waals surface area contributed by atoms with Crippen LogP contribution < -0.4 is 15.9 Å². The quantitative estimate of drug-likeness (QED) is 0.314. The first-order valence-corrected chi connectivity index (χ1v) is 5.00. The van der Waals surface area contributed by atoms with Crippen molar-refractivity contribution in [3.63, 3.8) is 0 Å². The average molecular weight is 270 g/mol. The Hall–Kier alpha value is -2.42. The van der Waals surface area contributed by atoms with Crippen LogP contribution in [-0.4, -0.2) is 28.5 Å². The van der Waals surface area contributed by atoms with Crippen molar-refractivity contribution in [2.45, 2.75) is 0 Å². The molecule has 0 atom stereocenters. The fourth-order valence-electron chi connectivity index (χ4n) is 1.14. The summed E-state index contributed by atoms with van der Waals surface area (Å²) in [6, 6.07) is 2.25. The molecular weight excluding hydrogens is 260 g/mol. The molecule has 0 saturated carbocycles. The van der Waals surface area contributed by atoms with Gasteiger partial charge >= 0.3 is 0 Å². The molecule has 0 aliphatic carbocycles. The zero-order valence-electron chi connectivity index (χ0n) is 9.28. The second kappa shape index (κ2) is 5.77. The largest absolute Gasteiger partial charge is 0.504 e. The topological polar surface area (TPSA) is 123 Å². The number of benzene rings is 1. The van der Waals surface area contributed by atoms with E-state index in [1.165, 1.54) is 7.11 Å². The van der Waals surface area contributed by atoms with Gasteiger partial charge in [0, 0.05) is 11.6 Å². The summed E-state index contributed by atoms with van der Waals surface area (Å²) in [6.07, 6.45) is 1.14. The summed E-state index contributed by atoms with van der Waals surface area (Å²) in [5.41, 5.74) is 7.27. The Bertz CT molecular complexity index is 518. The average Bonchev–Trinajstić information content (AvgIpc) is 2.30. The van der Waals surface area contributed by atoms with Crippen LogP contribution in [0, 0.1) is 10.1 Å². The number of rotatable bonds is 4. The van der Waals surface area contributed by atoms with E-state index in [1.807, 2.05) is 0 Å². The fraction of sp³-hybridized carbons (Fsp3) is 0.111. The van der Waals surface area contributed by atoms with Crippen LogP contribution in [0.4, 0.5) is 5.69 Å². The Kier molecular flexibility index (Phi) is 4.38. The summed E-state index contributed by atoms with van der Waals surface area (Å²) < 4.78 is 4.82. The number of nitro benzene ring substituents is 1. The lowest BCUT2D eigenvalue weighted by atomic mass is 10.2. The Morgan fingerprint density at radius 2 is 2.39 bits per heavy atom. The first-order valence-electron chi connectivity index (χ1n) is 4.59. The van der Waals surface area contributed by atoms with E-state index in [0.717, 1.165) is 18.3 Å². The van der Waals surface area contributed by atoms with Crippen LogP contribution in [0.5, 0.6) is 11.5 Å². The molecule has 0 saturated heterocycles. The third-order valence-corrected chi connectivity index (χ3v) is 1.99. The number of aromatic hydroxyl groups is 1. The SMILES string of the molecule is COc1cc([N+](=O)[O-])cc(C=NNC(N)=S)c1O. The number of phenols is 1. The van der Waals surface area contributed by atoms with E-state index in [1.54, 1.807) is 0 Å². The van der Waals surface area contributed by atoms with Gasteiger partial charge in [-0.05, 0) is 12.2 Å². The molecule has 9 heteroatoms. The van der Waals surface area contributed by atoms with E-state index in [-0.39, 0.29) is 27.9 Å². The van der Waals surface area contributed by atoms with E-state index in [0.29, 0.717) is 0 Å². The molecule has 0 unspecified atom stereocenters. The minimum absolute atomic E-state index is 0.0269. The molecule has 0 spiro atoms. The summed E-state index contributed by atoms with van der Waals surface area (Å²) in [4.78, 5) is 10.1. The highest BCUT2D eigenvalue weighted by Gasteiger charge is 2.15. The molecule has 0 fully saturated rings. The molecule has 0 heterocycles. The molecule has 0 amide bonds. The summed E-state index contributed by atoms with van der Waals surface area (Å²) in [7, 11) is 1.28. The molecule has 0 aliphatic rings. The monoisotopic (exact) mass is 270 g/mol. The fourth-order valence-corrected chi connectivity index (χ4v) is 1.19. The Morgan fingerprint density at radius 1 is 1.72 bits per heavy atom. The van der Waals surface area contributed by atoms with Gasteiger partial charge in [-0.25, -0.2) is 0 Å². The molecule has 0 aromatic heterocycles. The highest BCUT2D eigenvalue weighted by Crippen LogP contribution is 2.33. The summed E-state index contributed by atoms with van der Waals surface area (Å²) >= 11 is 4.52. The smallest absolute Gasteiger partial charge is 0.274 e. The van der Waals surface area contributed by atoms with Gasteiger partial charge in [-0.3, -0.25) is 15.5 Å². The van der Waals surface area contributed by atoms with Crippen LogP contribution in [0.1, 0.15) is 5.56 Å². The first-order chi connectivity index (χ1) is 8.45. The lowest BCUT2D eigenvalue weighted by molar-refractivity contribution is -0.385. The highest BCUT2D eigenvalue weighted by molar-refractivity contribution is 7.80. The minimum Gasteiger partial charge on any atom is -0.504 e. The Labute approximate surface area is 107 Å². The number of non-ortho nitro benzene ring substituents is 1. The molecule has 8 nitrogen and oxygen atoms in total. The van der Waals surface area contributed by atoms with Crippen molar-refractivity contribution >= 4 is 29.2 Å². The van der Waals surface area contributed by atoms with E-state index in [9.17, 15) is 15.2 Å². The van der Waals surface area contributed by atoms with E-state index in [4.69, 9.17) is 10.5 Å². The van der Waals surface area contributed by atoms with Gasteiger partial charge in [-0.1, -0.05) is 0 Å². The van der Waals surface area contributed by atoms with Crippen LogP contribution in [0.15, 0.2) is 17.2 Å². The molecule has 1 rings (SSSR count). The standard InChI is InChI=1S/C9H10N4O4S/c1-17-7-3-6(13(15)16)2-5(8(7)14)4-11-12-9(10)18/h2-4,14H,1H3,(H3,10,12,18). The second-order valence-electron chi connectivity index (χ2n) is 3.08. The number of ether oxygens (including phenoxy) is 1. The molecule has 0 radical (unpaired) electrons. The number of nitrogens with two attached hydrogens (primary N) is 1. The van der Waals surface area contributed by atoms with Crippen LogP contribution in [-0.2, 0) is 0 Å². The Balaban J connectivity index is 3.16. The number of hydrogen-bond donors (Lipinski definition) is 3. The Morgan fingerprint density at radius 3 is 2.89 bits per heavy atom. The summed E-state index contributed by atoms with van der Waals surface area (Å²) in [6.45, 7) is 0. The minimum atomic E-state index is -0.611. The second-order valence-corrected chi connectivity index (χ2v) is 3.52. The maximum absolute atomic E-state index is 10.7. The zero-order valence-corrected chi connectivity index (χ0v) is 10.1. The number of nitro groups is 1. The molecule has 4 N–H and O–H groups in total. The van der Waals surface area contributed by atoms with Crippen LogP contribution in [0.2, 0.25) is 0 Å². The van der Waals surface area contributed by atoms with Gasteiger partial charge in [0.25, 0.3) is 5.69 Å². The third kappa shape index (κ3) is 3.28. The van der Waals surface area contributed by atoms with Gasteiger partial charge in [0.05, 0.1) is 24.3 Å². The van der Waals surface area contributed by atoms with Crippen molar-refractivity contribution in [1.29, 1.82) is 0 Å². The normalized spacial score (nSPS) is 10.3. The van der Waals surface area contributed by atoms with E-state index in [2.05, 4.69) is 22.7 Å². The van der Waals surface area contributed by atoms with Crippen LogP contribution >= 0.6 is 12.2 Å². The molecule has 0 bridgehead atoms. The molecule has 96 valence electrons. The maximum Gasteiger partial charge on any atom is 0.274 e. The number of methoxy groups -OCH3 is 1. The van der Waals surface area contributed by atoms with Crippen molar-refractivity contribution in [2.24, 2.45) is 10.8 Å². The molecule has 18 heavy (non-hydrogen) atoms. The summed E-state index contributed by atoms with van der Waals surface area (Å²) in [5, 5.41) is 23.9. The maximum atomic E-state index is 10.7. The predicted octanol–water partition coefficient (Wildman–Crippen LogP) is 0.476.